The first-order valence-electron chi connectivity index (χ1n) is 6.85. The molecule has 20 heavy (non-hydrogen) atoms. The van der Waals surface area contributed by atoms with Gasteiger partial charge in [-0.2, -0.15) is 0 Å². The van der Waals surface area contributed by atoms with Crippen LogP contribution in [0.25, 0.3) is 0 Å². The summed E-state index contributed by atoms with van der Waals surface area (Å²) in [5.74, 6) is 0.830. The molecule has 112 valence electrons. The van der Waals surface area contributed by atoms with Gasteiger partial charge in [0.25, 0.3) is 0 Å². The maximum Gasteiger partial charge on any atom is 0.128 e. The fourth-order valence-electron chi connectivity index (χ4n) is 2.28. The lowest BCUT2D eigenvalue weighted by atomic mass is 9.86. The van der Waals surface area contributed by atoms with Crippen LogP contribution in [0.15, 0.2) is 24.3 Å². The zero-order valence-electron chi connectivity index (χ0n) is 12.1. The molecule has 1 saturated carbocycles. The van der Waals surface area contributed by atoms with Crippen LogP contribution < -0.4 is 10.5 Å². The van der Waals surface area contributed by atoms with E-state index in [2.05, 4.69) is 0 Å². The van der Waals surface area contributed by atoms with Crippen LogP contribution in [0.1, 0.15) is 12.0 Å². The Morgan fingerprint density at radius 3 is 2.75 bits per heavy atom. The summed E-state index contributed by atoms with van der Waals surface area (Å²) in [5, 5.41) is 0. The Bertz CT molecular complexity index is 413. The Morgan fingerprint density at radius 1 is 1.20 bits per heavy atom. The molecule has 0 amide bonds. The van der Waals surface area contributed by atoms with Gasteiger partial charge in [-0.3, -0.25) is 0 Å². The normalized spacial score (nSPS) is 25.2. The van der Waals surface area contributed by atoms with E-state index in [4.69, 9.17) is 24.7 Å². The van der Waals surface area contributed by atoms with Crippen LogP contribution in [-0.2, 0) is 20.8 Å². The Morgan fingerprint density at radius 2 is 2.05 bits per heavy atom. The number of hydrogen-bond acceptors (Lipinski definition) is 5. The van der Waals surface area contributed by atoms with Gasteiger partial charge in [-0.25, -0.2) is 0 Å². The van der Waals surface area contributed by atoms with E-state index in [1.807, 2.05) is 24.3 Å². The summed E-state index contributed by atoms with van der Waals surface area (Å²) in [6, 6.07) is 7.94. The number of benzene rings is 1. The average molecular weight is 281 g/mol. The van der Waals surface area contributed by atoms with Crippen molar-refractivity contribution in [2.75, 3.05) is 27.4 Å². The molecule has 0 heterocycles. The van der Waals surface area contributed by atoms with Crippen molar-refractivity contribution in [2.24, 2.45) is 5.73 Å². The van der Waals surface area contributed by atoms with Crippen LogP contribution in [-0.4, -0.2) is 45.7 Å². The Kier molecular flexibility index (Phi) is 5.79. The summed E-state index contributed by atoms with van der Waals surface area (Å²) in [4.78, 5) is 0. The quantitative estimate of drug-likeness (QED) is 0.729. The first kappa shape index (κ1) is 15.3. The molecular weight excluding hydrogens is 258 g/mol. The second-order valence-corrected chi connectivity index (χ2v) is 4.96. The van der Waals surface area contributed by atoms with Gasteiger partial charge in [0.05, 0.1) is 19.8 Å². The van der Waals surface area contributed by atoms with Gasteiger partial charge >= 0.3 is 0 Å². The molecule has 0 aliphatic heterocycles. The average Bonchev–Trinajstić information content (AvgIpc) is 2.44. The highest BCUT2D eigenvalue weighted by atomic mass is 16.6. The lowest BCUT2D eigenvalue weighted by Gasteiger charge is -2.41. The van der Waals surface area contributed by atoms with E-state index in [0.717, 1.165) is 17.7 Å². The maximum atomic E-state index is 5.96. The third-order valence-corrected chi connectivity index (χ3v) is 3.39. The van der Waals surface area contributed by atoms with Gasteiger partial charge in [-0.1, -0.05) is 12.1 Å². The standard InChI is InChI=1S/C15H23NO4/c1-17-6-7-19-15-13(16)9-14(15)20-12-5-3-4-11(8-12)10-18-2/h3-5,8,13-15H,6-7,9-10,16H2,1-2H3. The molecule has 1 aliphatic carbocycles. The first-order valence-corrected chi connectivity index (χ1v) is 6.85. The molecule has 5 nitrogen and oxygen atoms in total. The number of ether oxygens (including phenoxy) is 4. The fraction of sp³-hybridized carbons (Fsp3) is 0.600. The maximum absolute atomic E-state index is 5.96. The lowest BCUT2D eigenvalue weighted by Crippen LogP contribution is -2.59. The van der Waals surface area contributed by atoms with Crippen LogP contribution in [0.4, 0.5) is 0 Å². The van der Waals surface area contributed by atoms with Crippen molar-refractivity contribution in [2.45, 2.75) is 31.3 Å². The number of rotatable bonds is 8. The summed E-state index contributed by atoms with van der Waals surface area (Å²) >= 11 is 0. The SMILES string of the molecule is COCCOC1C(N)CC1Oc1cccc(COC)c1. The highest BCUT2D eigenvalue weighted by Crippen LogP contribution is 2.28. The molecule has 5 heteroatoms. The highest BCUT2D eigenvalue weighted by molar-refractivity contribution is 5.28. The van der Waals surface area contributed by atoms with Crippen molar-refractivity contribution in [3.05, 3.63) is 29.8 Å². The van der Waals surface area contributed by atoms with Crippen LogP contribution in [0.3, 0.4) is 0 Å². The predicted molar refractivity (Wildman–Crippen MR) is 75.8 cm³/mol. The van der Waals surface area contributed by atoms with Gasteiger partial charge in [0, 0.05) is 26.7 Å². The smallest absolute Gasteiger partial charge is 0.128 e. The molecule has 1 aromatic rings. The van der Waals surface area contributed by atoms with Gasteiger partial charge < -0.3 is 24.7 Å². The van der Waals surface area contributed by atoms with Crippen molar-refractivity contribution in [3.8, 4) is 5.75 Å². The largest absolute Gasteiger partial charge is 0.488 e. The minimum Gasteiger partial charge on any atom is -0.488 e. The van der Waals surface area contributed by atoms with Crippen molar-refractivity contribution in [1.82, 2.24) is 0 Å². The summed E-state index contributed by atoms with van der Waals surface area (Å²) in [5.41, 5.74) is 7.05. The molecule has 1 aromatic carbocycles. The summed E-state index contributed by atoms with van der Waals surface area (Å²) in [7, 11) is 3.33. The van der Waals surface area contributed by atoms with Crippen molar-refractivity contribution < 1.29 is 18.9 Å². The van der Waals surface area contributed by atoms with Gasteiger partial charge in [0.2, 0.25) is 0 Å². The van der Waals surface area contributed by atoms with Gasteiger partial charge in [0.15, 0.2) is 0 Å². The van der Waals surface area contributed by atoms with E-state index < -0.39 is 0 Å². The number of nitrogens with two attached hydrogens (primary N) is 1. The fourth-order valence-corrected chi connectivity index (χ4v) is 2.28. The molecule has 2 rings (SSSR count). The van der Waals surface area contributed by atoms with Crippen molar-refractivity contribution in [1.29, 1.82) is 0 Å². The number of hydrogen-bond donors (Lipinski definition) is 1. The van der Waals surface area contributed by atoms with E-state index in [9.17, 15) is 0 Å². The first-order chi connectivity index (χ1) is 9.74. The molecular formula is C15H23NO4. The van der Waals surface area contributed by atoms with Gasteiger partial charge in [-0.15, -0.1) is 0 Å². The van der Waals surface area contributed by atoms with Gasteiger partial charge in [-0.05, 0) is 17.7 Å². The van der Waals surface area contributed by atoms with Crippen LogP contribution in [0.5, 0.6) is 5.75 Å². The van der Waals surface area contributed by atoms with E-state index in [1.165, 1.54) is 0 Å². The van der Waals surface area contributed by atoms with E-state index in [-0.39, 0.29) is 18.2 Å². The van der Waals surface area contributed by atoms with Crippen molar-refractivity contribution >= 4 is 0 Å². The minimum atomic E-state index is -0.0590. The molecule has 0 bridgehead atoms. The minimum absolute atomic E-state index is 0.0136. The highest BCUT2D eigenvalue weighted by Gasteiger charge is 2.41. The monoisotopic (exact) mass is 281 g/mol. The molecule has 3 unspecified atom stereocenters. The molecule has 0 aromatic heterocycles. The predicted octanol–water partition coefficient (Wildman–Crippen LogP) is 1.34. The summed E-state index contributed by atoms with van der Waals surface area (Å²) in [6.07, 6.45) is 0.766. The van der Waals surface area contributed by atoms with E-state index in [0.29, 0.717) is 19.8 Å². The molecule has 0 radical (unpaired) electrons. The van der Waals surface area contributed by atoms with E-state index >= 15 is 0 Å². The Balaban J connectivity index is 1.87. The third-order valence-electron chi connectivity index (χ3n) is 3.39. The summed E-state index contributed by atoms with van der Waals surface area (Å²) < 4.78 is 21.7. The Hall–Kier alpha value is -1.14. The molecule has 0 spiro atoms. The van der Waals surface area contributed by atoms with Crippen LogP contribution in [0, 0.1) is 0 Å². The molecule has 0 saturated heterocycles. The lowest BCUT2D eigenvalue weighted by molar-refractivity contribution is -0.107. The zero-order valence-corrected chi connectivity index (χ0v) is 12.1. The zero-order chi connectivity index (χ0) is 14.4. The number of methoxy groups -OCH3 is 2. The molecule has 2 N–H and O–H groups in total. The summed E-state index contributed by atoms with van der Waals surface area (Å²) in [6.45, 7) is 1.69. The second-order valence-electron chi connectivity index (χ2n) is 4.96. The second kappa shape index (κ2) is 7.59. The van der Waals surface area contributed by atoms with Crippen molar-refractivity contribution in [3.63, 3.8) is 0 Å². The molecule has 1 fully saturated rings. The molecule has 3 atom stereocenters. The van der Waals surface area contributed by atoms with E-state index in [1.54, 1.807) is 14.2 Å². The third kappa shape index (κ3) is 3.93. The van der Waals surface area contributed by atoms with Gasteiger partial charge in [0.1, 0.15) is 18.0 Å². The Labute approximate surface area is 120 Å². The van der Waals surface area contributed by atoms with Crippen LogP contribution >= 0.6 is 0 Å². The topological polar surface area (TPSA) is 62.9 Å². The van der Waals surface area contributed by atoms with Crippen LogP contribution in [0.2, 0.25) is 0 Å². The molecule has 1 aliphatic rings.